The van der Waals surface area contributed by atoms with Gasteiger partial charge in [-0.15, -0.1) is 0 Å². The minimum Gasteiger partial charge on any atom is -0.497 e. The van der Waals surface area contributed by atoms with Gasteiger partial charge in [-0.3, -0.25) is 4.79 Å². The molecule has 128 valence electrons. The number of aliphatic hydroxyl groups excluding tert-OH is 1. The molecule has 0 aromatic heterocycles. The summed E-state index contributed by atoms with van der Waals surface area (Å²) in [6.07, 6.45) is 1.52. The fourth-order valence-corrected chi connectivity index (χ4v) is 2.77. The van der Waals surface area contributed by atoms with E-state index in [2.05, 4.69) is 5.32 Å². The number of likely N-dealkylation sites (tertiary alicyclic amines) is 1. The van der Waals surface area contributed by atoms with Gasteiger partial charge in [0.25, 0.3) is 0 Å². The highest BCUT2D eigenvalue weighted by atomic mass is 16.5. The number of anilines is 1. The lowest BCUT2D eigenvalue weighted by atomic mass is 10.0. The standard InChI is InChI=1S/C18H28N2O3/c1-13(2)17(21)12-18(22)20-9-7-14(8-10-20)19-15-5-4-6-16(11-15)23-3/h4-6,11,13-14,17,19,21H,7-10,12H2,1-3H3. The number of piperidine rings is 1. The molecule has 5 heteroatoms. The first-order chi connectivity index (χ1) is 11.0. The molecule has 1 aliphatic heterocycles. The number of ether oxygens (including phenoxy) is 1. The highest BCUT2D eigenvalue weighted by Crippen LogP contribution is 2.21. The van der Waals surface area contributed by atoms with Crippen molar-refractivity contribution in [2.45, 2.75) is 45.3 Å². The van der Waals surface area contributed by atoms with Crippen LogP contribution in [-0.4, -0.2) is 48.3 Å². The van der Waals surface area contributed by atoms with Crippen LogP contribution >= 0.6 is 0 Å². The monoisotopic (exact) mass is 320 g/mol. The van der Waals surface area contributed by atoms with Crippen molar-refractivity contribution in [1.29, 1.82) is 0 Å². The number of methoxy groups -OCH3 is 1. The quantitative estimate of drug-likeness (QED) is 0.845. The molecule has 0 bridgehead atoms. The van der Waals surface area contributed by atoms with Crippen LogP contribution < -0.4 is 10.1 Å². The molecule has 1 fully saturated rings. The normalized spacial score (nSPS) is 17.2. The zero-order valence-corrected chi connectivity index (χ0v) is 14.3. The van der Waals surface area contributed by atoms with Crippen molar-refractivity contribution in [3.8, 4) is 5.75 Å². The molecule has 23 heavy (non-hydrogen) atoms. The Morgan fingerprint density at radius 2 is 2.09 bits per heavy atom. The third kappa shape index (κ3) is 5.13. The number of hydrogen-bond donors (Lipinski definition) is 2. The van der Waals surface area contributed by atoms with E-state index in [9.17, 15) is 9.90 Å². The van der Waals surface area contributed by atoms with Gasteiger partial charge in [0.05, 0.1) is 19.6 Å². The summed E-state index contributed by atoms with van der Waals surface area (Å²) in [5, 5.41) is 13.4. The number of aliphatic hydroxyl groups is 1. The van der Waals surface area contributed by atoms with Crippen molar-refractivity contribution >= 4 is 11.6 Å². The van der Waals surface area contributed by atoms with Crippen LogP contribution in [0.4, 0.5) is 5.69 Å². The smallest absolute Gasteiger partial charge is 0.225 e. The predicted molar refractivity (Wildman–Crippen MR) is 91.7 cm³/mol. The molecular formula is C18H28N2O3. The first-order valence-corrected chi connectivity index (χ1v) is 8.36. The van der Waals surface area contributed by atoms with Crippen LogP contribution in [-0.2, 0) is 4.79 Å². The lowest BCUT2D eigenvalue weighted by Crippen LogP contribution is -2.43. The summed E-state index contributed by atoms with van der Waals surface area (Å²) in [4.78, 5) is 14.1. The Labute approximate surface area is 138 Å². The van der Waals surface area contributed by atoms with Crippen molar-refractivity contribution in [2.24, 2.45) is 5.92 Å². The summed E-state index contributed by atoms with van der Waals surface area (Å²) in [5.41, 5.74) is 1.05. The molecule has 1 heterocycles. The van der Waals surface area contributed by atoms with Crippen LogP contribution in [0, 0.1) is 5.92 Å². The number of amides is 1. The molecule has 1 aliphatic rings. The van der Waals surface area contributed by atoms with Crippen molar-refractivity contribution < 1.29 is 14.6 Å². The molecule has 1 unspecified atom stereocenters. The average molecular weight is 320 g/mol. The van der Waals surface area contributed by atoms with E-state index in [4.69, 9.17) is 4.74 Å². The Hall–Kier alpha value is -1.75. The van der Waals surface area contributed by atoms with E-state index in [0.717, 1.165) is 37.4 Å². The Morgan fingerprint density at radius 3 is 2.70 bits per heavy atom. The second kappa shape index (κ2) is 8.20. The molecule has 1 amide bonds. The van der Waals surface area contributed by atoms with Gasteiger partial charge in [0.2, 0.25) is 5.91 Å². The van der Waals surface area contributed by atoms with E-state index in [0.29, 0.717) is 6.04 Å². The molecule has 0 radical (unpaired) electrons. The largest absolute Gasteiger partial charge is 0.497 e. The molecule has 0 aliphatic carbocycles. The molecule has 2 rings (SSSR count). The summed E-state index contributed by atoms with van der Waals surface area (Å²) in [5.74, 6) is 1.02. The summed E-state index contributed by atoms with van der Waals surface area (Å²) in [6.45, 7) is 5.35. The molecular weight excluding hydrogens is 292 g/mol. The van der Waals surface area contributed by atoms with Gasteiger partial charge >= 0.3 is 0 Å². The third-order valence-corrected chi connectivity index (χ3v) is 4.44. The molecule has 1 saturated heterocycles. The molecule has 1 aromatic rings. The fourth-order valence-electron chi connectivity index (χ4n) is 2.77. The maximum atomic E-state index is 12.2. The number of nitrogens with one attached hydrogen (secondary N) is 1. The summed E-state index contributed by atoms with van der Waals surface area (Å²) < 4.78 is 5.23. The van der Waals surface area contributed by atoms with Crippen molar-refractivity contribution in [3.63, 3.8) is 0 Å². The Bertz CT molecular complexity index is 511. The average Bonchev–Trinajstić information content (AvgIpc) is 2.55. The first kappa shape index (κ1) is 17.6. The van der Waals surface area contributed by atoms with Gasteiger partial charge in [0.1, 0.15) is 5.75 Å². The highest BCUT2D eigenvalue weighted by Gasteiger charge is 2.25. The van der Waals surface area contributed by atoms with Crippen molar-refractivity contribution in [3.05, 3.63) is 24.3 Å². The zero-order valence-electron chi connectivity index (χ0n) is 14.3. The molecule has 1 aromatic carbocycles. The summed E-state index contributed by atoms with van der Waals surface area (Å²) in [6, 6.07) is 8.26. The van der Waals surface area contributed by atoms with Gasteiger partial charge in [0.15, 0.2) is 0 Å². The number of benzene rings is 1. The Kier molecular flexibility index (Phi) is 6.28. The SMILES string of the molecule is COc1cccc(NC2CCN(C(=O)CC(O)C(C)C)CC2)c1. The Morgan fingerprint density at radius 1 is 1.39 bits per heavy atom. The van der Waals surface area contributed by atoms with Gasteiger partial charge < -0.3 is 20.1 Å². The number of nitrogens with zero attached hydrogens (tertiary/aromatic N) is 1. The van der Waals surface area contributed by atoms with E-state index in [1.165, 1.54) is 0 Å². The van der Waals surface area contributed by atoms with E-state index in [1.54, 1.807) is 7.11 Å². The van der Waals surface area contributed by atoms with Crippen LogP contribution in [0.3, 0.4) is 0 Å². The first-order valence-electron chi connectivity index (χ1n) is 8.36. The van der Waals surface area contributed by atoms with E-state index < -0.39 is 6.10 Å². The molecule has 0 saturated carbocycles. The van der Waals surface area contributed by atoms with E-state index >= 15 is 0 Å². The molecule has 1 atom stereocenters. The van der Waals surface area contributed by atoms with Gasteiger partial charge in [-0.05, 0) is 30.9 Å². The third-order valence-electron chi connectivity index (χ3n) is 4.44. The molecule has 2 N–H and O–H groups in total. The van der Waals surface area contributed by atoms with Gasteiger partial charge in [-0.2, -0.15) is 0 Å². The Balaban J connectivity index is 1.80. The van der Waals surface area contributed by atoms with Crippen molar-refractivity contribution in [1.82, 2.24) is 4.90 Å². The second-order valence-electron chi connectivity index (χ2n) is 6.55. The molecule has 5 nitrogen and oxygen atoms in total. The maximum absolute atomic E-state index is 12.2. The maximum Gasteiger partial charge on any atom is 0.225 e. The van der Waals surface area contributed by atoms with Crippen LogP contribution in [0.1, 0.15) is 33.1 Å². The predicted octanol–water partition coefficient (Wildman–Crippen LogP) is 2.51. The number of carbonyl (C=O) groups is 1. The minimum absolute atomic E-state index is 0.0611. The minimum atomic E-state index is -0.546. The summed E-state index contributed by atoms with van der Waals surface area (Å²) in [7, 11) is 1.66. The van der Waals surface area contributed by atoms with Crippen LogP contribution in [0.25, 0.3) is 0 Å². The number of hydrogen-bond acceptors (Lipinski definition) is 4. The number of carbonyl (C=O) groups excluding carboxylic acids is 1. The molecule has 0 spiro atoms. The van der Waals surface area contributed by atoms with E-state index in [1.807, 2.05) is 43.0 Å². The van der Waals surface area contributed by atoms with Gasteiger partial charge in [0, 0.05) is 30.9 Å². The zero-order chi connectivity index (χ0) is 16.8. The van der Waals surface area contributed by atoms with Gasteiger partial charge in [-0.1, -0.05) is 19.9 Å². The van der Waals surface area contributed by atoms with Crippen LogP contribution in [0.2, 0.25) is 0 Å². The second-order valence-corrected chi connectivity index (χ2v) is 6.55. The fraction of sp³-hybridized carbons (Fsp3) is 0.611. The lowest BCUT2D eigenvalue weighted by Gasteiger charge is -2.33. The topological polar surface area (TPSA) is 61.8 Å². The highest BCUT2D eigenvalue weighted by molar-refractivity contribution is 5.76. The van der Waals surface area contributed by atoms with E-state index in [-0.39, 0.29) is 18.2 Å². The number of rotatable bonds is 6. The van der Waals surface area contributed by atoms with Crippen LogP contribution in [0.15, 0.2) is 24.3 Å². The van der Waals surface area contributed by atoms with Crippen molar-refractivity contribution in [2.75, 3.05) is 25.5 Å². The lowest BCUT2D eigenvalue weighted by molar-refractivity contribution is -0.134. The van der Waals surface area contributed by atoms with Crippen LogP contribution in [0.5, 0.6) is 5.75 Å². The van der Waals surface area contributed by atoms with Gasteiger partial charge in [-0.25, -0.2) is 0 Å². The summed E-state index contributed by atoms with van der Waals surface area (Å²) >= 11 is 0.